The molecule has 2 aromatic heterocycles. The number of aromatic nitrogens is 2. The molecule has 8 heteroatoms. The predicted octanol–water partition coefficient (Wildman–Crippen LogP) is 3.85. The van der Waals surface area contributed by atoms with Gasteiger partial charge >= 0.3 is 0 Å². The van der Waals surface area contributed by atoms with Crippen molar-refractivity contribution < 1.29 is 0 Å². The van der Waals surface area contributed by atoms with Gasteiger partial charge in [0.2, 0.25) is 0 Å². The molecular weight excluding hydrogens is 377 g/mol. The lowest BCUT2D eigenvalue weighted by molar-refractivity contribution is 0.131. The molecule has 4 rings (SSSR count). The molecule has 0 unspecified atom stereocenters. The maximum atomic E-state index is 6.20. The van der Waals surface area contributed by atoms with E-state index in [2.05, 4.69) is 32.1 Å². The zero-order valence-electron chi connectivity index (χ0n) is 13.5. The van der Waals surface area contributed by atoms with Crippen molar-refractivity contribution in [1.82, 2.24) is 19.3 Å². The Balaban J connectivity index is 1.35. The fourth-order valence-electron chi connectivity index (χ4n) is 2.89. The highest BCUT2D eigenvalue weighted by atomic mass is 35.5. The maximum absolute atomic E-state index is 6.20. The molecule has 3 aromatic rings. The summed E-state index contributed by atoms with van der Waals surface area (Å²) in [5.74, 6) is 0. The highest BCUT2D eigenvalue weighted by Crippen LogP contribution is 2.20. The summed E-state index contributed by atoms with van der Waals surface area (Å²) < 4.78 is 1.97. The van der Waals surface area contributed by atoms with Gasteiger partial charge in [-0.2, -0.15) is 5.10 Å². The van der Waals surface area contributed by atoms with Crippen LogP contribution in [0.3, 0.4) is 0 Å². The third-order valence-electron chi connectivity index (χ3n) is 4.27. The molecule has 1 aliphatic rings. The summed E-state index contributed by atoms with van der Waals surface area (Å²) in [5.41, 5.74) is 2.12. The van der Waals surface area contributed by atoms with Crippen LogP contribution in [0.15, 0.2) is 40.9 Å². The molecule has 1 aliphatic heterocycles. The molecule has 1 aromatic carbocycles. The van der Waals surface area contributed by atoms with Crippen molar-refractivity contribution in [2.24, 2.45) is 5.10 Å². The van der Waals surface area contributed by atoms with Crippen LogP contribution >= 0.6 is 34.5 Å². The number of imidazole rings is 1. The Morgan fingerprint density at radius 3 is 2.64 bits per heavy atom. The molecule has 0 saturated carbocycles. The number of hydrogen-bond acceptors (Lipinski definition) is 5. The lowest BCUT2D eigenvalue weighted by atomic mass is 10.2. The zero-order valence-corrected chi connectivity index (χ0v) is 15.8. The van der Waals surface area contributed by atoms with Crippen LogP contribution in [0, 0.1) is 0 Å². The Labute approximate surface area is 160 Å². The Bertz CT molecular complexity index is 878. The van der Waals surface area contributed by atoms with Crippen molar-refractivity contribution in [2.45, 2.75) is 6.54 Å². The van der Waals surface area contributed by atoms with Gasteiger partial charge in [-0.3, -0.25) is 14.3 Å². The summed E-state index contributed by atoms with van der Waals surface area (Å²) in [6.07, 6.45) is 3.77. The van der Waals surface area contributed by atoms with Gasteiger partial charge in [-0.15, -0.1) is 11.3 Å². The average Bonchev–Trinajstić information content (AvgIpc) is 3.17. The molecule has 5 nitrogen and oxygen atoms in total. The summed E-state index contributed by atoms with van der Waals surface area (Å²) in [6.45, 7) is 4.70. The fourth-order valence-corrected chi connectivity index (χ4v) is 4.00. The maximum Gasteiger partial charge on any atom is 0.195 e. The van der Waals surface area contributed by atoms with Crippen LogP contribution in [0.2, 0.25) is 10.2 Å². The number of nitrogens with zero attached hydrogens (tertiary/aromatic N) is 5. The molecule has 1 fully saturated rings. The average molecular weight is 394 g/mol. The second kappa shape index (κ2) is 7.33. The number of fused-ring (bicyclic) bond motifs is 1. The van der Waals surface area contributed by atoms with Crippen molar-refractivity contribution in [2.75, 3.05) is 26.2 Å². The summed E-state index contributed by atoms with van der Waals surface area (Å²) in [5, 5.41) is 9.94. The molecule has 25 heavy (non-hydrogen) atoms. The number of hydrogen-bond donors (Lipinski definition) is 0. The van der Waals surface area contributed by atoms with Gasteiger partial charge in [0.15, 0.2) is 10.1 Å². The van der Waals surface area contributed by atoms with E-state index in [-0.39, 0.29) is 0 Å². The van der Waals surface area contributed by atoms with Gasteiger partial charge in [0.05, 0.1) is 6.21 Å². The van der Waals surface area contributed by atoms with Crippen LogP contribution < -0.4 is 0 Å². The highest BCUT2D eigenvalue weighted by molar-refractivity contribution is 7.15. The molecular formula is C17H17Cl2N5S. The van der Waals surface area contributed by atoms with Crippen LogP contribution in [0.25, 0.3) is 4.96 Å². The van der Waals surface area contributed by atoms with Crippen LogP contribution in [0.5, 0.6) is 0 Å². The van der Waals surface area contributed by atoms with E-state index in [1.165, 1.54) is 5.56 Å². The van der Waals surface area contributed by atoms with Crippen LogP contribution in [0.4, 0.5) is 0 Å². The van der Waals surface area contributed by atoms with Crippen LogP contribution in [0.1, 0.15) is 11.3 Å². The third-order valence-corrected chi connectivity index (χ3v) is 5.55. The van der Waals surface area contributed by atoms with E-state index in [0.29, 0.717) is 5.15 Å². The third kappa shape index (κ3) is 3.82. The first-order valence-electron chi connectivity index (χ1n) is 8.06. The van der Waals surface area contributed by atoms with Crippen LogP contribution in [-0.4, -0.2) is 51.7 Å². The minimum Gasteiger partial charge on any atom is -0.295 e. The van der Waals surface area contributed by atoms with Crippen LogP contribution in [-0.2, 0) is 6.54 Å². The molecule has 0 radical (unpaired) electrons. The van der Waals surface area contributed by atoms with Gasteiger partial charge in [0, 0.05) is 49.3 Å². The van der Waals surface area contributed by atoms with Crippen molar-refractivity contribution in [3.05, 3.63) is 57.3 Å². The lowest BCUT2D eigenvalue weighted by Gasteiger charge is -2.33. The van der Waals surface area contributed by atoms with Gasteiger partial charge in [-0.1, -0.05) is 35.3 Å². The quantitative estimate of drug-likeness (QED) is 0.631. The molecule has 0 atom stereocenters. The lowest BCUT2D eigenvalue weighted by Crippen LogP contribution is -2.43. The summed E-state index contributed by atoms with van der Waals surface area (Å²) >= 11 is 13.7. The first-order chi connectivity index (χ1) is 12.2. The molecule has 0 spiro atoms. The van der Waals surface area contributed by atoms with Gasteiger partial charge in [0.1, 0.15) is 5.69 Å². The molecule has 130 valence electrons. The Hall–Kier alpha value is -1.60. The number of benzene rings is 1. The van der Waals surface area contributed by atoms with Crippen molar-refractivity contribution in [3.63, 3.8) is 0 Å². The number of hydrazone groups is 1. The number of thiazole rings is 1. The predicted molar refractivity (Wildman–Crippen MR) is 104 cm³/mol. The minimum atomic E-state index is 0.497. The number of piperazine rings is 1. The topological polar surface area (TPSA) is 36.1 Å². The van der Waals surface area contributed by atoms with E-state index in [1.807, 2.05) is 34.3 Å². The Kier molecular flexibility index (Phi) is 4.94. The Morgan fingerprint density at radius 1 is 1.12 bits per heavy atom. The van der Waals surface area contributed by atoms with Gasteiger partial charge in [0.25, 0.3) is 0 Å². The normalized spacial score (nSPS) is 16.3. The second-order valence-electron chi connectivity index (χ2n) is 5.94. The molecule has 0 bridgehead atoms. The van der Waals surface area contributed by atoms with E-state index in [9.17, 15) is 0 Å². The summed E-state index contributed by atoms with van der Waals surface area (Å²) in [7, 11) is 0. The van der Waals surface area contributed by atoms with Crippen molar-refractivity contribution in [1.29, 1.82) is 0 Å². The molecule has 3 heterocycles. The van der Waals surface area contributed by atoms with E-state index >= 15 is 0 Å². The smallest absolute Gasteiger partial charge is 0.195 e. The second-order valence-corrected chi connectivity index (χ2v) is 7.61. The van der Waals surface area contributed by atoms with E-state index < -0.39 is 0 Å². The van der Waals surface area contributed by atoms with Gasteiger partial charge in [-0.05, 0) is 17.7 Å². The summed E-state index contributed by atoms with van der Waals surface area (Å²) in [4.78, 5) is 7.64. The standard InChI is InChI=1S/C17H17Cl2N5S/c18-14-3-1-13(2-4-14)12-22-5-7-23(8-6-22)20-11-15-16(19)21-17-24(15)9-10-25-17/h1-4,9-11H,5-8,12H2/b20-11-. The molecule has 0 aliphatic carbocycles. The highest BCUT2D eigenvalue weighted by Gasteiger charge is 2.16. The minimum absolute atomic E-state index is 0.497. The van der Waals surface area contributed by atoms with E-state index in [0.717, 1.165) is 48.4 Å². The monoisotopic (exact) mass is 393 g/mol. The van der Waals surface area contributed by atoms with Crippen molar-refractivity contribution in [3.8, 4) is 0 Å². The van der Waals surface area contributed by atoms with Gasteiger partial charge in [-0.25, -0.2) is 4.98 Å². The zero-order chi connectivity index (χ0) is 17.2. The molecule has 0 N–H and O–H groups in total. The molecule has 1 saturated heterocycles. The van der Waals surface area contributed by atoms with Gasteiger partial charge < -0.3 is 0 Å². The number of halogens is 2. The SMILES string of the molecule is Clc1ccc(CN2CCN(/N=C\c3c(Cl)nc4sccn34)CC2)cc1. The summed E-state index contributed by atoms with van der Waals surface area (Å²) in [6, 6.07) is 8.05. The molecule has 0 amide bonds. The first kappa shape index (κ1) is 16.8. The van der Waals surface area contributed by atoms with Crippen molar-refractivity contribution >= 4 is 45.7 Å². The van der Waals surface area contributed by atoms with E-state index in [4.69, 9.17) is 23.2 Å². The van der Waals surface area contributed by atoms with E-state index in [1.54, 1.807) is 11.3 Å². The Morgan fingerprint density at radius 2 is 1.88 bits per heavy atom. The number of rotatable bonds is 4. The fraction of sp³-hybridized carbons (Fsp3) is 0.294. The first-order valence-corrected chi connectivity index (χ1v) is 9.69. The largest absolute Gasteiger partial charge is 0.295 e.